The number of hydrogen-bond donors (Lipinski definition) is 1. The SMILES string of the molecule is COc1ccc(S(=O)(=O)Nc2ccc(=O)n(C)c2)cc1. The Hall–Kier alpha value is -2.28. The lowest BCUT2D eigenvalue weighted by atomic mass is 10.3. The van der Waals surface area contributed by atoms with Gasteiger partial charge in [-0.25, -0.2) is 8.42 Å². The number of rotatable bonds is 4. The van der Waals surface area contributed by atoms with Crippen molar-refractivity contribution in [3.8, 4) is 5.75 Å². The van der Waals surface area contributed by atoms with E-state index in [4.69, 9.17) is 4.74 Å². The minimum Gasteiger partial charge on any atom is -0.497 e. The van der Waals surface area contributed by atoms with E-state index in [1.165, 1.54) is 42.1 Å². The number of aromatic nitrogens is 1. The van der Waals surface area contributed by atoms with Crippen LogP contribution >= 0.6 is 0 Å². The number of nitrogens with zero attached hydrogens (tertiary/aromatic N) is 1. The summed E-state index contributed by atoms with van der Waals surface area (Å²) in [6.45, 7) is 0. The molecule has 2 aromatic rings. The number of hydrogen-bond acceptors (Lipinski definition) is 4. The zero-order valence-electron chi connectivity index (χ0n) is 11.0. The lowest BCUT2D eigenvalue weighted by Gasteiger charge is -2.09. The van der Waals surface area contributed by atoms with Gasteiger partial charge in [0.05, 0.1) is 17.7 Å². The van der Waals surface area contributed by atoms with Crippen molar-refractivity contribution < 1.29 is 13.2 Å². The first-order chi connectivity index (χ1) is 9.42. The Morgan fingerprint density at radius 2 is 1.75 bits per heavy atom. The summed E-state index contributed by atoms with van der Waals surface area (Å²) < 4.78 is 33.0. The van der Waals surface area contributed by atoms with Crippen molar-refractivity contribution in [1.82, 2.24) is 4.57 Å². The Balaban J connectivity index is 2.30. The molecule has 0 aliphatic heterocycles. The number of sulfonamides is 1. The Kier molecular flexibility index (Phi) is 3.80. The molecule has 2 rings (SSSR count). The molecule has 6 nitrogen and oxygen atoms in total. The molecule has 0 amide bonds. The first kappa shape index (κ1) is 14.1. The van der Waals surface area contributed by atoms with Gasteiger partial charge in [0.25, 0.3) is 10.0 Å². The molecule has 0 bridgehead atoms. The minimum atomic E-state index is -3.69. The summed E-state index contributed by atoms with van der Waals surface area (Å²) in [5.41, 5.74) is 0.111. The number of benzene rings is 1. The highest BCUT2D eigenvalue weighted by Gasteiger charge is 2.14. The van der Waals surface area contributed by atoms with E-state index in [1.807, 2.05) is 0 Å². The van der Waals surface area contributed by atoms with Crippen molar-refractivity contribution in [3.05, 3.63) is 52.9 Å². The maximum atomic E-state index is 12.2. The monoisotopic (exact) mass is 294 g/mol. The van der Waals surface area contributed by atoms with Gasteiger partial charge in [0, 0.05) is 19.3 Å². The summed E-state index contributed by atoms with van der Waals surface area (Å²) in [6, 6.07) is 8.74. The smallest absolute Gasteiger partial charge is 0.261 e. The molecule has 1 heterocycles. The van der Waals surface area contributed by atoms with E-state index >= 15 is 0 Å². The fraction of sp³-hybridized carbons (Fsp3) is 0.154. The summed E-state index contributed by atoms with van der Waals surface area (Å²) in [5, 5.41) is 0. The normalized spacial score (nSPS) is 11.1. The molecule has 0 radical (unpaired) electrons. The van der Waals surface area contributed by atoms with Gasteiger partial charge in [0.15, 0.2) is 0 Å². The Bertz CT molecular complexity index is 764. The van der Waals surface area contributed by atoms with Crippen LogP contribution < -0.4 is 15.0 Å². The van der Waals surface area contributed by atoms with E-state index < -0.39 is 10.0 Å². The number of methoxy groups -OCH3 is 1. The van der Waals surface area contributed by atoms with Crippen molar-refractivity contribution in [3.63, 3.8) is 0 Å². The minimum absolute atomic E-state index is 0.118. The Labute approximate surface area is 116 Å². The van der Waals surface area contributed by atoms with E-state index in [0.717, 1.165) is 0 Å². The van der Waals surface area contributed by atoms with Crippen LogP contribution in [0.2, 0.25) is 0 Å². The van der Waals surface area contributed by atoms with Crippen molar-refractivity contribution in [2.75, 3.05) is 11.8 Å². The van der Waals surface area contributed by atoms with Crippen LogP contribution in [-0.4, -0.2) is 20.1 Å². The molecule has 1 aromatic carbocycles. The van der Waals surface area contributed by atoms with Crippen LogP contribution in [0.25, 0.3) is 0 Å². The van der Waals surface area contributed by atoms with E-state index in [9.17, 15) is 13.2 Å². The maximum absolute atomic E-state index is 12.2. The average molecular weight is 294 g/mol. The number of ether oxygens (including phenoxy) is 1. The topological polar surface area (TPSA) is 77.4 Å². The van der Waals surface area contributed by atoms with Crippen molar-refractivity contribution in [1.29, 1.82) is 0 Å². The first-order valence-corrected chi connectivity index (χ1v) is 7.24. The zero-order valence-corrected chi connectivity index (χ0v) is 11.8. The van der Waals surface area contributed by atoms with E-state index in [2.05, 4.69) is 4.72 Å². The van der Waals surface area contributed by atoms with Crippen molar-refractivity contribution >= 4 is 15.7 Å². The molecule has 0 unspecified atom stereocenters. The fourth-order valence-corrected chi connectivity index (χ4v) is 2.67. The summed E-state index contributed by atoms with van der Waals surface area (Å²) in [7, 11) is -0.634. The second kappa shape index (κ2) is 5.38. The van der Waals surface area contributed by atoms with E-state index in [-0.39, 0.29) is 10.5 Å². The van der Waals surface area contributed by atoms with Crippen molar-refractivity contribution in [2.45, 2.75) is 4.90 Å². The van der Waals surface area contributed by atoms with Crippen LogP contribution in [0.5, 0.6) is 5.75 Å². The van der Waals surface area contributed by atoms with Crippen LogP contribution in [0, 0.1) is 0 Å². The molecule has 0 spiro atoms. The lowest BCUT2D eigenvalue weighted by Crippen LogP contribution is -2.18. The van der Waals surface area contributed by atoms with Gasteiger partial charge in [-0.05, 0) is 30.3 Å². The molecular formula is C13H14N2O4S. The highest BCUT2D eigenvalue weighted by molar-refractivity contribution is 7.92. The van der Waals surface area contributed by atoms with Crippen LogP contribution in [0.4, 0.5) is 5.69 Å². The van der Waals surface area contributed by atoms with Gasteiger partial charge in [0.1, 0.15) is 5.75 Å². The number of anilines is 1. The number of aryl methyl sites for hydroxylation is 1. The third-order valence-corrected chi connectivity index (χ3v) is 4.10. The molecule has 106 valence electrons. The molecule has 0 fully saturated rings. The molecule has 1 N–H and O–H groups in total. The molecule has 0 saturated heterocycles. The number of nitrogens with one attached hydrogen (secondary N) is 1. The third kappa shape index (κ3) is 3.00. The first-order valence-electron chi connectivity index (χ1n) is 5.76. The van der Waals surface area contributed by atoms with Crippen molar-refractivity contribution in [2.24, 2.45) is 7.05 Å². The summed E-state index contributed by atoms with van der Waals surface area (Å²) >= 11 is 0. The van der Waals surface area contributed by atoms with Gasteiger partial charge in [-0.2, -0.15) is 0 Å². The van der Waals surface area contributed by atoms with Gasteiger partial charge < -0.3 is 9.30 Å². The highest BCUT2D eigenvalue weighted by atomic mass is 32.2. The summed E-state index contributed by atoms with van der Waals surface area (Å²) in [6.07, 6.45) is 1.42. The Morgan fingerprint density at radius 3 is 2.30 bits per heavy atom. The lowest BCUT2D eigenvalue weighted by molar-refractivity contribution is 0.414. The zero-order chi connectivity index (χ0) is 14.8. The van der Waals surface area contributed by atoms with Gasteiger partial charge >= 0.3 is 0 Å². The number of pyridine rings is 1. The van der Waals surface area contributed by atoms with Gasteiger partial charge in [0.2, 0.25) is 5.56 Å². The van der Waals surface area contributed by atoms with Crippen LogP contribution in [0.3, 0.4) is 0 Å². The standard InChI is InChI=1S/C13H14N2O4S/c1-15-9-10(3-8-13(15)16)14-20(17,18)12-6-4-11(19-2)5-7-12/h3-9,14H,1-2H3. The van der Waals surface area contributed by atoms with Crippen LogP contribution in [0.15, 0.2) is 52.3 Å². The molecule has 20 heavy (non-hydrogen) atoms. The van der Waals surface area contributed by atoms with Gasteiger partial charge in [-0.1, -0.05) is 0 Å². The molecule has 0 aliphatic carbocycles. The molecule has 0 aliphatic rings. The second-order valence-corrected chi connectivity index (χ2v) is 5.83. The predicted octanol–water partition coefficient (Wildman–Crippen LogP) is 1.19. The molecule has 1 aromatic heterocycles. The molecular weight excluding hydrogens is 280 g/mol. The third-order valence-electron chi connectivity index (χ3n) is 2.71. The highest BCUT2D eigenvalue weighted by Crippen LogP contribution is 2.18. The second-order valence-electron chi connectivity index (χ2n) is 4.15. The van der Waals surface area contributed by atoms with Gasteiger partial charge in [-0.3, -0.25) is 9.52 Å². The fourth-order valence-electron chi connectivity index (χ4n) is 1.62. The quantitative estimate of drug-likeness (QED) is 0.919. The molecule has 0 atom stereocenters. The average Bonchev–Trinajstić information content (AvgIpc) is 2.43. The Morgan fingerprint density at radius 1 is 1.10 bits per heavy atom. The largest absolute Gasteiger partial charge is 0.497 e. The maximum Gasteiger partial charge on any atom is 0.261 e. The summed E-state index contributed by atoms with van der Waals surface area (Å²) in [4.78, 5) is 11.4. The molecule has 0 saturated carbocycles. The predicted molar refractivity (Wildman–Crippen MR) is 75.5 cm³/mol. The van der Waals surface area contributed by atoms with Crippen LogP contribution in [0.1, 0.15) is 0 Å². The van der Waals surface area contributed by atoms with E-state index in [0.29, 0.717) is 11.4 Å². The summed E-state index contributed by atoms with van der Waals surface area (Å²) in [5.74, 6) is 0.575. The van der Waals surface area contributed by atoms with Crippen LogP contribution in [-0.2, 0) is 17.1 Å². The molecule has 7 heteroatoms. The van der Waals surface area contributed by atoms with E-state index in [1.54, 1.807) is 19.2 Å². The van der Waals surface area contributed by atoms with Gasteiger partial charge in [-0.15, -0.1) is 0 Å².